The Bertz CT molecular complexity index is 632. The molecular weight excluding hydrogens is 296 g/mol. The number of hydrogen-bond donors (Lipinski definition) is 2. The zero-order chi connectivity index (χ0) is 16.1. The van der Waals surface area contributed by atoms with Crippen LogP contribution in [-0.4, -0.2) is 29.8 Å². The van der Waals surface area contributed by atoms with Gasteiger partial charge in [-0.2, -0.15) is 13.9 Å². The van der Waals surface area contributed by atoms with Crippen LogP contribution in [-0.2, 0) is 0 Å². The van der Waals surface area contributed by atoms with Crippen LogP contribution in [0, 0.1) is 0 Å². The van der Waals surface area contributed by atoms with Crippen molar-refractivity contribution in [1.82, 2.24) is 15.5 Å². The standard InChI is InChI=1S/C14H15F2N3O3/c1-8(10-6-17-18-7-10)19-13(20)9-3-4-11(21-2)12(5-9)22-14(15)16/h3-8,14H,1-2H3,(H,17,18)(H,19,20)/t8-/m1/s1. The van der Waals surface area contributed by atoms with Crippen molar-refractivity contribution in [3.05, 3.63) is 41.7 Å². The fraction of sp³-hybridized carbons (Fsp3) is 0.286. The zero-order valence-corrected chi connectivity index (χ0v) is 12.0. The minimum Gasteiger partial charge on any atom is -0.493 e. The van der Waals surface area contributed by atoms with E-state index in [1.165, 1.54) is 25.3 Å². The molecule has 1 aromatic heterocycles. The molecule has 0 aliphatic rings. The molecule has 1 aromatic carbocycles. The third kappa shape index (κ3) is 3.72. The van der Waals surface area contributed by atoms with Crippen LogP contribution < -0.4 is 14.8 Å². The summed E-state index contributed by atoms with van der Waals surface area (Å²) < 4.78 is 34.0. The number of H-pyrrole nitrogens is 1. The van der Waals surface area contributed by atoms with Gasteiger partial charge in [-0.3, -0.25) is 9.89 Å². The molecule has 8 heteroatoms. The second-order valence-electron chi connectivity index (χ2n) is 4.47. The van der Waals surface area contributed by atoms with Crippen molar-refractivity contribution in [2.24, 2.45) is 0 Å². The molecule has 0 saturated heterocycles. The highest BCUT2D eigenvalue weighted by molar-refractivity contribution is 5.95. The Labute approximate surface area is 125 Å². The van der Waals surface area contributed by atoms with Crippen LogP contribution in [0.25, 0.3) is 0 Å². The molecule has 6 nitrogen and oxygen atoms in total. The minimum absolute atomic E-state index is 0.125. The largest absolute Gasteiger partial charge is 0.493 e. The SMILES string of the molecule is COc1ccc(C(=O)N[C@H](C)c2cn[nH]c2)cc1OC(F)F. The van der Waals surface area contributed by atoms with Crippen molar-refractivity contribution in [1.29, 1.82) is 0 Å². The minimum atomic E-state index is -3.00. The van der Waals surface area contributed by atoms with E-state index in [0.29, 0.717) is 0 Å². The molecule has 118 valence electrons. The maximum absolute atomic E-state index is 12.4. The van der Waals surface area contributed by atoms with E-state index in [1.54, 1.807) is 19.3 Å². The van der Waals surface area contributed by atoms with Crippen LogP contribution in [0.4, 0.5) is 8.78 Å². The van der Waals surface area contributed by atoms with Crippen LogP contribution in [0.5, 0.6) is 11.5 Å². The molecule has 0 fully saturated rings. The summed E-state index contributed by atoms with van der Waals surface area (Å²) >= 11 is 0. The molecule has 0 saturated carbocycles. The van der Waals surface area contributed by atoms with Crippen LogP contribution in [0.15, 0.2) is 30.6 Å². The van der Waals surface area contributed by atoms with E-state index in [0.717, 1.165) is 5.56 Å². The maximum Gasteiger partial charge on any atom is 0.387 e. The highest BCUT2D eigenvalue weighted by atomic mass is 19.3. The quantitative estimate of drug-likeness (QED) is 0.859. The molecule has 0 aliphatic heterocycles. The van der Waals surface area contributed by atoms with E-state index in [2.05, 4.69) is 20.3 Å². The molecule has 0 aliphatic carbocycles. The Hall–Kier alpha value is -2.64. The predicted octanol–water partition coefficient (Wildman–Crippen LogP) is 2.51. The molecule has 1 heterocycles. The lowest BCUT2D eigenvalue weighted by Gasteiger charge is -2.14. The van der Waals surface area contributed by atoms with Gasteiger partial charge < -0.3 is 14.8 Å². The number of methoxy groups -OCH3 is 1. The van der Waals surface area contributed by atoms with Gasteiger partial charge in [0.2, 0.25) is 0 Å². The van der Waals surface area contributed by atoms with E-state index in [1.807, 2.05) is 0 Å². The monoisotopic (exact) mass is 311 g/mol. The third-order valence-electron chi connectivity index (χ3n) is 3.01. The summed E-state index contributed by atoms with van der Waals surface area (Å²) in [6.45, 7) is -1.22. The maximum atomic E-state index is 12.4. The molecule has 1 atom stereocenters. The number of nitrogens with one attached hydrogen (secondary N) is 2. The van der Waals surface area contributed by atoms with Gasteiger partial charge in [0.1, 0.15) is 0 Å². The van der Waals surface area contributed by atoms with Crippen molar-refractivity contribution in [2.45, 2.75) is 19.6 Å². The molecule has 2 rings (SSSR count). The van der Waals surface area contributed by atoms with Crippen molar-refractivity contribution < 1.29 is 23.0 Å². The average molecular weight is 311 g/mol. The second kappa shape index (κ2) is 6.88. The molecule has 0 radical (unpaired) electrons. The van der Waals surface area contributed by atoms with Crippen LogP contribution >= 0.6 is 0 Å². The highest BCUT2D eigenvalue weighted by Crippen LogP contribution is 2.29. The first-order valence-electron chi connectivity index (χ1n) is 6.43. The number of ether oxygens (including phenoxy) is 2. The number of carbonyl (C=O) groups is 1. The summed E-state index contributed by atoms with van der Waals surface area (Å²) in [5, 5.41) is 9.18. The number of halogens is 2. The first-order chi connectivity index (χ1) is 10.5. The number of rotatable bonds is 6. The van der Waals surface area contributed by atoms with Crippen molar-refractivity contribution in [2.75, 3.05) is 7.11 Å². The zero-order valence-electron chi connectivity index (χ0n) is 12.0. The van der Waals surface area contributed by atoms with Gasteiger partial charge in [-0.05, 0) is 25.1 Å². The van der Waals surface area contributed by atoms with Gasteiger partial charge in [-0.15, -0.1) is 0 Å². The normalized spacial score (nSPS) is 12.0. The lowest BCUT2D eigenvalue weighted by Crippen LogP contribution is -2.26. The Morgan fingerprint density at radius 2 is 2.14 bits per heavy atom. The lowest BCUT2D eigenvalue weighted by molar-refractivity contribution is -0.0512. The van der Waals surface area contributed by atoms with Crippen molar-refractivity contribution in [3.8, 4) is 11.5 Å². The number of aromatic amines is 1. The van der Waals surface area contributed by atoms with Gasteiger partial charge in [0.05, 0.1) is 19.3 Å². The fourth-order valence-electron chi connectivity index (χ4n) is 1.87. The van der Waals surface area contributed by atoms with Gasteiger partial charge in [0, 0.05) is 17.3 Å². The van der Waals surface area contributed by atoms with Crippen LogP contribution in [0.2, 0.25) is 0 Å². The number of amides is 1. The number of benzene rings is 1. The van der Waals surface area contributed by atoms with E-state index < -0.39 is 12.5 Å². The molecule has 22 heavy (non-hydrogen) atoms. The highest BCUT2D eigenvalue weighted by Gasteiger charge is 2.16. The van der Waals surface area contributed by atoms with E-state index in [-0.39, 0.29) is 23.1 Å². The number of hydrogen-bond acceptors (Lipinski definition) is 4. The summed E-state index contributed by atoms with van der Waals surface area (Å²) in [7, 11) is 1.33. The Morgan fingerprint density at radius 3 is 2.73 bits per heavy atom. The number of aromatic nitrogens is 2. The van der Waals surface area contributed by atoms with E-state index in [4.69, 9.17) is 4.74 Å². The third-order valence-corrected chi connectivity index (χ3v) is 3.01. The summed E-state index contributed by atoms with van der Waals surface area (Å²) in [5.74, 6) is -0.490. The van der Waals surface area contributed by atoms with Crippen LogP contribution in [0.1, 0.15) is 28.9 Å². The topological polar surface area (TPSA) is 76.2 Å². The predicted molar refractivity (Wildman–Crippen MR) is 74.1 cm³/mol. The fourth-order valence-corrected chi connectivity index (χ4v) is 1.87. The van der Waals surface area contributed by atoms with Gasteiger partial charge in [-0.1, -0.05) is 0 Å². The summed E-state index contributed by atoms with van der Waals surface area (Å²) in [6.07, 6.45) is 3.24. The van der Waals surface area contributed by atoms with Crippen molar-refractivity contribution in [3.63, 3.8) is 0 Å². The van der Waals surface area contributed by atoms with E-state index in [9.17, 15) is 13.6 Å². The van der Waals surface area contributed by atoms with E-state index >= 15 is 0 Å². The lowest BCUT2D eigenvalue weighted by atomic mass is 10.1. The molecule has 0 bridgehead atoms. The summed E-state index contributed by atoms with van der Waals surface area (Å²) in [6, 6.07) is 3.79. The summed E-state index contributed by atoms with van der Waals surface area (Å²) in [5.41, 5.74) is 0.984. The first kappa shape index (κ1) is 15.7. The van der Waals surface area contributed by atoms with Crippen molar-refractivity contribution >= 4 is 5.91 Å². The first-order valence-corrected chi connectivity index (χ1v) is 6.43. The Kier molecular flexibility index (Phi) is 4.92. The Balaban J connectivity index is 2.15. The molecule has 1 amide bonds. The summed E-state index contributed by atoms with van der Waals surface area (Å²) in [4.78, 5) is 12.2. The van der Waals surface area contributed by atoms with Gasteiger partial charge in [-0.25, -0.2) is 0 Å². The van der Waals surface area contributed by atoms with Gasteiger partial charge >= 0.3 is 6.61 Å². The number of carbonyl (C=O) groups excluding carboxylic acids is 1. The number of alkyl halides is 2. The number of nitrogens with zero attached hydrogens (tertiary/aromatic N) is 1. The second-order valence-corrected chi connectivity index (χ2v) is 4.47. The average Bonchev–Trinajstić information content (AvgIpc) is 3.00. The molecular formula is C14H15F2N3O3. The van der Waals surface area contributed by atoms with Gasteiger partial charge in [0.15, 0.2) is 11.5 Å². The Morgan fingerprint density at radius 1 is 1.36 bits per heavy atom. The molecule has 0 spiro atoms. The molecule has 2 N–H and O–H groups in total. The van der Waals surface area contributed by atoms with Gasteiger partial charge in [0.25, 0.3) is 5.91 Å². The smallest absolute Gasteiger partial charge is 0.387 e. The molecule has 2 aromatic rings. The molecule has 0 unspecified atom stereocenters. The van der Waals surface area contributed by atoms with Crippen LogP contribution in [0.3, 0.4) is 0 Å².